The van der Waals surface area contributed by atoms with Crippen molar-refractivity contribution in [2.75, 3.05) is 0 Å². The van der Waals surface area contributed by atoms with E-state index < -0.39 is 0 Å². The lowest BCUT2D eigenvalue weighted by molar-refractivity contribution is 1.07. The molecule has 0 atom stereocenters. The molecule has 0 amide bonds. The van der Waals surface area contributed by atoms with E-state index in [0.29, 0.717) is 23.0 Å². The van der Waals surface area contributed by atoms with Gasteiger partial charge in [0.25, 0.3) is 0 Å². The quantitative estimate of drug-likeness (QED) is 0.175. The molecule has 9 rings (SSSR count). The predicted molar refractivity (Wildman–Crippen MR) is 206 cm³/mol. The Kier molecular flexibility index (Phi) is 7.62. The first-order chi connectivity index (χ1) is 25.2. The fraction of sp³-hybridized carbons (Fsp3) is 0. The van der Waals surface area contributed by atoms with Crippen LogP contribution in [0.3, 0.4) is 0 Å². The van der Waals surface area contributed by atoms with Crippen LogP contribution in [0.2, 0.25) is 0 Å². The lowest BCUT2D eigenvalue weighted by Gasteiger charge is -2.12. The maximum absolute atomic E-state index is 9.46. The van der Waals surface area contributed by atoms with Gasteiger partial charge >= 0.3 is 0 Å². The summed E-state index contributed by atoms with van der Waals surface area (Å²) in [7, 11) is 0. The summed E-state index contributed by atoms with van der Waals surface area (Å²) in [5.74, 6) is 1.77. The van der Waals surface area contributed by atoms with Crippen molar-refractivity contribution in [2.24, 2.45) is 0 Å². The van der Waals surface area contributed by atoms with E-state index in [9.17, 15) is 5.26 Å². The predicted octanol–water partition coefficient (Wildman–Crippen LogP) is 10.9. The molecule has 0 aliphatic heterocycles. The standard InChI is InChI=1S/C44H26N6S/c45-25-28-10-16-38-39-17-15-32(24-41(39)51-40(38)20-28)35-21-36(34-9-5-19-47-27-34)23-37(22-35)44-49-42(30-6-2-1-3-7-30)48-43(50-44)31-13-11-29(12-14-31)33-8-4-18-46-26-33/h1-24,26-27H. The van der Waals surface area contributed by atoms with Crippen LogP contribution in [0.5, 0.6) is 0 Å². The minimum atomic E-state index is 0.578. The molecular formula is C44H26N6S. The van der Waals surface area contributed by atoms with Crippen molar-refractivity contribution in [1.82, 2.24) is 24.9 Å². The second kappa shape index (κ2) is 12.9. The zero-order valence-electron chi connectivity index (χ0n) is 27.1. The minimum Gasteiger partial charge on any atom is -0.264 e. The number of thiophene rings is 1. The minimum absolute atomic E-state index is 0.578. The average molecular weight is 671 g/mol. The Morgan fingerprint density at radius 3 is 1.57 bits per heavy atom. The smallest absolute Gasteiger partial charge is 0.164 e. The highest BCUT2D eigenvalue weighted by atomic mass is 32.1. The van der Waals surface area contributed by atoms with E-state index in [1.54, 1.807) is 23.7 Å². The summed E-state index contributed by atoms with van der Waals surface area (Å²) in [6, 6.07) is 47.5. The summed E-state index contributed by atoms with van der Waals surface area (Å²) >= 11 is 1.70. The van der Waals surface area contributed by atoms with Crippen molar-refractivity contribution in [3.63, 3.8) is 0 Å². The molecule has 238 valence electrons. The highest BCUT2D eigenvalue weighted by molar-refractivity contribution is 7.25. The summed E-state index contributed by atoms with van der Waals surface area (Å²) < 4.78 is 2.26. The Bertz CT molecular complexity index is 2740. The van der Waals surface area contributed by atoms with Crippen molar-refractivity contribution < 1.29 is 0 Å². The molecule has 51 heavy (non-hydrogen) atoms. The number of hydrogen-bond acceptors (Lipinski definition) is 7. The summed E-state index contributed by atoms with van der Waals surface area (Å²) in [4.78, 5) is 23.8. The van der Waals surface area contributed by atoms with Gasteiger partial charge in [-0.2, -0.15) is 5.26 Å². The number of fused-ring (bicyclic) bond motifs is 3. The molecule has 6 nitrogen and oxygen atoms in total. The maximum atomic E-state index is 9.46. The molecule has 0 bridgehead atoms. The van der Waals surface area contributed by atoms with Gasteiger partial charge in [0.15, 0.2) is 17.5 Å². The number of pyridine rings is 2. The Morgan fingerprint density at radius 2 is 0.922 bits per heavy atom. The number of aromatic nitrogens is 5. The molecule has 4 aromatic heterocycles. The lowest BCUT2D eigenvalue weighted by Crippen LogP contribution is -2.00. The molecule has 0 radical (unpaired) electrons. The molecule has 0 aliphatic carbocycles. The van der Waals surface area contributed by atoms with E-state index in [-0.39, 0.29) is 0 Å². The Balaban J connectivity index is 1.21. The number of nitriles is 1. The summed E-state index contributed by atoms with van der Waals surface area (Å²) in [6.07, 6.45) is 7.30. The molecular weight excluding hydrogens is 645 g/mol. The number of benzene rings is 5. The van der Waals surface area contributed by atoms with Crippen LogP contribution in [0, 0.1) is 11.3 Å². The topological polar surface area (TPSA) is 88.2 Å². The van der Waals surface area contributed by atoms with Gasteiger partial charge in [0, 0.05) is 67.2 Å². The second-order valence-electron chi connectivity index (χ2n) is 12.2. The highest BCUT2D eigenvalue weighted by Gasteiger charge is 2.16. The number of nitrogens with zero attached hydrogens (tertiary/aromatic N) is 6. The second-order valence-corrected chi connectivity index (χ2v) is 13.3. The molecule has 0 aliphatic rings. The summed E-state index contributed by atoms with van der Waals surface area (Å²) in [5.41, 5.74) is 9.57. The Hall–Kier alpha value is -6.88. The van der Waals surface area contributed by atoms with E-state index in [2.05, 4.69) is 70.6 Å². The highest BCUT2D eigenvalue weighted by Crippen LogP contribution is 2.39. The Labute approximate surface area is 298 Å². The molecule has 0 unspecified atom stereocenters. The molecule has 0 N–H and O–H groups in total. The summed E-state index contributed by atoms with van der Waals surface area (Å²) in [6.45, 7) is 0. The van der Waals surface area contributed by atoms with Crippen LogP contribution < -0.4 is 0 Å². The molecule has 7 heteroatoms. The van der Waals surface area contributed by atoms with Crippen molar-refractivity contribution in [2.45, 2.75) is 0 Å². The molecule has 4 heterocycles. The van der Waals surface area contributed by atoms with E-state index in [1.807, 2.05) is 91.3 Å². The van der Waals surface area contributed by atoms with E-state index in [0.717, 1.165) is 64.9 Å². The van der Waals surface area contributed by atoms with Crippen molar-refractivity contribution in [3.8, 4) is 73.6 Å². The fourth-order valence-corrected chi connectivity index (χ4v) is 7.53. The SMILES string of the molecule is N#Cc1ccc2c(c1)sc1cc(-c3cc(-c4cccnc4)cc(-c4nc(-c5ccccc5)nc(-c5ccc(-c6cccnc6)cc5)n4)c3)ccc12. The first kappa shape index (κ1) is 30.2. The van der Waals surface area contributed by atoms with Crippen LogP contribution >= 0.6 is 11.3 Å². The zero-order valence-corrected chi connectivity index (χ0v) is 27.9. The van der Waals surface area contributed by atoms with E-state index in [4.69, 9.17) is 15.0 Å². The normalized spacial score (nSPS) is 11.1. The van der Waals surface area contributed by atoms with Crippen LogP contribution in [0.1, 0.15) is 5.56 Å². The van der Waals surface area contributed by atoms with Gasteiger partial charge in [0.2, 0.25) is 0 Å². The van der Waals surface area contributed by atoms with Gasteiger partial charge in [-0.3, -0.25) is 9.97 Å². The first-order valence-electron chi connectivity index (χ1n) is 16.4. The van der Waals surface area contributed by atoms with Crippen LogP contribution in [-0.4, -0.2) is 24.9 Å². The largest absolute Gasteiger partial charge is 0.264 e. The number of rotatable bonds is 6. The molecule has 5 aromatic carbocycles. The first-order valence-corrected chi connectivity index (χ1v) is 17.3. The van der Waals surface area contributed by atoms with Crippen LogP contribution in [0.25, 0.3) is 87.7 Å². The lowest BCUT2D eigenvalue weighted by atomic mass is 9.96. The third-order valence-electron chi connectivity index (χ3n) is 8.93. The van der Waals surface area contributed by atoms with Gasteiger partial charge in [0.1, 0.15) is 0 Å². The zero-order chi connectivity index (χ0) is 34.1. The van der Waals surface area contributed by atoms with Gasteiger partial charge in [0.05, 0.1) is 11.6 Å². The van der Waals surface area contributed by atoms with Crippen molar-refractivity contribution in [1.29, 1.82) is 5.26 Å². The molecule has 0 saturated carbocycles. The monoisotopic (exact) mass is 670 g/mol. The number of hydrogen-bond donors (Lipinski definition) is 0. The van der Waals surface area contributed by atoms with Gasteiger partial charge < -0.3 is 0 Å². The molecule has 0 spiro atoms. The Morgan fingerprint density at radius 1 is 0.412 bits per heavy atom. The maximum Gasteiger partial charge on any atom is 0.164 e. The third kappa shape index (κ3) is 5.90. The third-order valence-corrected chi connectivity index (χ3v) is 10.0. The molecule has 0 fully saturated rings. The van der Waals surface area contributed by atoms with Crippen LogP contribution in [0.4, 0.5) is 0 Å². The summed E-state index contributed by atoms with van der Waals surface area (Å²) in [5, 5.41) is 11.8. The van der Waals surface area contributed by atoms with Gasteiger partial charge in [-0.05, 0) is 76.3 Å². The van der Waals surface area contributed by atoms with E-state index >= 15 is 0 Å². The molecule has 9 aromatic rings. The average Bonchev–Trinajstić information content (AvgIpc) is 3.58. The van der Waals surface area contributed by atoms with Crippen molar-refractivity contribution >= 4 is 31.5 Å². The van der Waals surface area contributed by atoms with E-state index in [1.165, 1.54) is 5.39 Å². The van der Waals surface area contributed by atoms with Crippen molar-refractivity contribution in [3.05, 3.63) is 164 Å². The van der Waals surface area contributed by atoms with Gasteiger partial charge in [-0.25, -0.2) is 15.0 Å². The van der Waals surface area contributed by atoms with Crippen LogP contribution in [0.15, 0.2) is 158 Å². The van der Waals surface area contributed by atoms with Gasteiger partial charge in [-0.15, -0.1) is 11.3 Å². The molecule has 0 saturated heterocycles. The fourth-order valence-electron chi connectivity index (χ4n) is 6.35. The van der Waals surface area contributed by atoms with Crippen LogP contribution in [-0.2, 0) is 0 Å². The van der Waals surface area contributed by atoms with Gasteiger partial charge in [-0.1, -0.05) is 84.9 Å².